The van der Waals surface area contributed by atoms with E-state index in [1.807, 2.05) is 0 Å². The van der Waals surface area contributed by atoms with Gasteiger partial charge in [0.2, 0.25) is 0 Å². The van der Waals surface area contributed by atoms with Crippen LogP contribution in [0, 0.1) is 0 Å². The molecule has 0 aliphatic carbocycles. The van der Waals surface area contributed by atoms with E-state index in [9.17, 15) is 61.3 Å². The summed E-state index contributed by atoms with van der Waals surface area (Å²) in [4.78, 5) is 0. The van der Waals surface area contributed by atoms with Gasteiger partial charge >= 0.3 is 0 Å². The Bertz CT molecular complexity index is 1560. The monoisotopic (exact) mass is 918 g/mol. The first-order valence-electron chi connectivity index (χ1n) is 21.0. The van der Waals surface area contributed by atoms with Crippen molar-refractivity contribution in [3.63, 3.8) is 0 Å². The number of aliphatic hydroxyl groups is 12. The number of hydrogen-bond donors (Lipinski definition) is 12. The van der Waals surface area contributed by atoms with Crippen LogP contribution in [-0.2, 0) is 71.1 Å². The highest BCUT2D eigenvalue weighted by Gasteiger charge is 2.62. The van der Waals surface area contributed by atoms with Crippen molar-refractivity contribution in [2.75, 3.05) is 39.6 Å². The second kappa shape index (κ2) is 18.1. The van der Waals surface area contributed by atoms with Gasteiger partial charge in [-0.3, -0.25) is 0 Å². The first-order valence-corrected chi connectivity index (χ1v) is 21.0. The van der Waals surface area contributed by atoms with Gasteiger partial charge < -0.3 is 132 Å². The Kier molecular flexibility index (Phi) is 13.1. The van der Waals surface area contributed by atoms with Gasteiger partial charge in [-0.15, -0.1) is 0 Å². The molecular weight excluding hydrogens is 864 g/mol. The molecule has 0 aromatic heterocycles. The second-order valence-corrected chi connectivity index (χ2v) is 17.2. The standard InChI is InChI=1S/C36H54O27/c37-1-7-22-14(41)17(44)32(53-7)62-26-11-5-51-30(26)21(48)36(57-11)63-27-12-6-50-29(27)20(47)35(56-12)60-24-9(3-39)54-33(18(45)15(24)42)61-25-10-4-49-28(25)19(46)34(55-10)59-23-8(2-38)52-31(58-22)16(43)13(23)40/h7-48H,1-6H2/t7-,8-,9-,10+,11+,12+,13-,14-,15-,16-,17-,18-,19-,20-,21-,22-,23-,24-,25-,26-,27-,28+,29+,30+,31-,32-,33-,34-,35-,36-/m1/s1. The van der Waals surface area contributed by atoms with Gasteiger partial charge in [-0.1, -0.05) is 0 Å². The lowest BCUT2D eigenvalue weighted by Gasteiger charge is -2.49. The minimum atomic E-state index is -1.97. The number of ether oxygens (including phenoxy) is 15. The fraction of sp³-hybridized carbons (Fsp3) is 1.00. The minimum absolute atomic E-state index is 0.105. The molecule has 63 heavy (non-hydrogen) atoms. The lowest BCUT2D eigenvalue weighted by molar-refractivity contribution is -0.389. The highest BCUT2D eigenvalue weighted by atomic mass is 16.8. The molecule has 27 heteroatoms. The molecular formula is C36H54O27. The molecule has 0 aromatic rings. The quantitative estimate of drug-likeness (QED) is 0.125. The highest BCUT2D eigenvalue weighted by Crippen LogP contribution is 2.42. The smallest absolute Gasteiger partial charge is 0.187 e. The van der Waals surface area contributed by atoms with Crippen LogP contribution in [0.25, 0.3) is 0 Å². The van der Waals surface area contributed by atoms with Crippen molar-refractivity contribution in [1.82, 2.24) is 0 Å². The molecule has 27 nitrogen and oxygen atoms in total. The van der Waals surface area contributed by atoms with Crippen molar-refractivity contribution < 1.29 is 132 Å². The second-order valence-electron chi connectivity index (χ2n) is 17.2. The van der Waals surface area contributed by atoms with E-state index < -0.39 is 204 Å². The molecule has 30 atom stereocenters. The summed E-state index contributed by atoms with van der Waals surface area (Å²) in [7, 11) is 0. The van der Waals surface area contributed by atoms with Gasteiger partial charge in [0, 0.05) is 0 Å². The van der Waals surface area contributed by atoms with Crippen molar-refractivity contribution in [1.29, 1.82) is 0 Å². The number of rotatable bonds is 3. The lowest BCUT2D eigenvalue weighted by Crippen LogP contribution is -2.67. The van der Waals surface area contributed by atoms with E-state index in [1.165, 1.54) is 0 Å². The average Bonchev–Trinajstić information content (AvgIpc) is 3.88. The molecule has 0 saturated carbocycles. The van der Waals surface area contributed by atoms with Crippen LogP contribution in [-0.4, -0.2) is 285 Å². The summed E-state index contributed by atoms with van der Waals surface area (Å²) in [6.07, 6.45) is -44.7. The van der Waals surface area contributed by atoms with Crippen LogP contribution in [0.2, 0.25) is 0 Å². The third-order valence-corrected chi connectivity index (χ3v) is 13.4. The van der Waals surface area contributed by atoms with E-state index in [2.05, 4.69) is 0 Å². The zero-order valence-corrected chi connectivity index (χ0v) is 33.1. The van der Waals surface area contributed by atoms with E-state index in [0.717, 1.165) is 0 Å². The van der Waals surface area contributed by atoms with Gasteiger partial charge in [0.15, 0.2) is 37.7 Å². The molecule has 0 aromatic carbocycles. The summed E-state index contributed by atoms with van der Waals surface area (Å²) in [6, 6.07) is 0. The van der Waals surface area contributed by atoms with Crippen molar-refractivity contribution in [2.24, 2.45) is 0 Å². The summed E-state index contributed by atoms with van der Waals surface area (Å²) >= 11 is 0. The third-order valence-electron chi connectivity index (χ3n) is 13.4. The number of aliphatic hydroxyl groups excluding tert-OH is 12. The van der Waals surface area contributed by atoms with Gasteiger partial charge in [0.25, 0.3) is 0 Å². The van der Waals surface area contributed by atoms with Crippen LogP contribution in [0.3, 0.4) is 0 Å². The van der Waals surface area contributed by atoms with Gasteiger partial charge in [0.1, 0.15) is 146 Å². The van der Waals surface area contributed by atoms with E-state index >= 15 is 0 Å². The summed E-state index contributed by atoms with van der Waals surface area (Å²) in [5, 5.41) is 133. The van der Waals surface area contributed by atoms with E-state index in [1.54, 1.807) is 0 Å². The summed E-state index contributed by atoms with van der Waals surface area (Å²) in [5.74, 6) is 0. The van der Waals surface area contributed by atoms with Gasteiger partial charge in [-0.25, -0.2) is 0 Å². The Morgan fingerprint density at radius 3 is 0.746 bits per heavy atom. The highest BCUT2D eigenvalue weighted by molar-refractivity contribution is 5.04. The molecule has 12 N–H and O–H groups in total. The normalized spacial score (nSPS) is 59.4. The van der Waals surface area contributed by atoms with Crippen molar-refractivity contribution in [2.45, 2.75) is 184 Å². The summed E-state index contributed by atoms with van der Waals surface area (Å²) < 4.78 is 88.4. The molecule has 0 spiro atoms. The molecule has 27 aliphatic heterocycles. The molecule has 0 unspecified atom stereocenters. The molecule has 360 valence electrons. The Balaban J connectivity index is 0.918. The molecule has 27 heterocycles. The van der Waals surface area contributed by atoms with Gasteiger partial charge in [-0.2, -0.15) is 0 Å². The predicted octanol–water partition coefficient (Wildman–Crippen LogP) is -9.92. The van der Waals surface area contributed by atoms with Crippen LogP contribution in [0.4, 0.5) is 0 Å². The van der Waals surface area contributed by atoms with Crippen molar-refractivity contribution in [3.05, 3.63) is 0 Å². The lowest BCUT2D eigenvalue weighted by atomic mass is 9.95. The predicted molar refractivity (Wildman–Crippen MR) is 186 cm³/mol. The summed E-state index contributed by atoms with van der Waals surface area (Å²) in [6.45, 7) is -2.85. The Morgan fingerprint density at radius 2 is 0.492 bits per heavy atom. The molecule has 27 rings (SSSR count). The Labute approximate surface area is 356 Å². The topological polar surface area (TPSA) is 381 Å². The molecule has 0 amide bonds. The molecule has 18 bridgehead atoms. The van der Waals surface area contributed by atoms with Gasteiger partial charge in [0.05, 0.1) is 39.6 Å². The first kappa shape index (κ1) is 45.7. The number of hydrogen-bond acceptors (Lipinski definition) is 27. The summed E-state index contributed by atoms with van der Waals surface area (Å²) in [5.41, 5.74) is 0. The van der Waals surface area contributed by atoms with Crippen LogP contribution < -0.4 is 0 Å². The van der Waals surface area contributed by atoms with Crippen molar-refractivity contribution in [3.8, 4) is 0 Å². The SMILES string of the molecule is OC[C@H]1O[C@@H]2O[C@H]3[C@H]4OC[C@@H]3O[C@H](O[C@H]3[C@H]5OC[C@@H]3O[C@H](O[C@H]3[C@H](O)[C@@H](O)[C@@H](O[C@H]6[C@H]7OC[C@@H]6O[C@H](O[C@H]6[C@H](O)[C@@H](O)[C@@H](O[C@H]1[C@H](O)[C@H]2O)O[C@@H]6CO)[C@@H]7O)O[C@@H]3CO)[C@@H]5O)[C@@H]4O. The third kappa shape index (κ3) is 7.87. The molecule has 27 saturated heterocycles. The zero-order valence-electron chi connectivity index (χ0n) is 33.1. The minimum Gasteiger partial charge on any atom is -0.394 e. The first-order chi connectivity index (χ1) is 30.3. The van der Waals surface area contributed by atoms with E-state index in [4.69, 9.17) is 71.1 Å². The molecule has 27 fully saturated rings. The molecule has 27 aliphatic rings. The van der Waals surface area contributed by atoms with Crippen LogP contribution in [0.1, 0.15) is 0 Å². The fourth-order valence-electron chi connectivity index (χ4n) is 10.0. The van der Waals surface area contributed by atoms with Crippen LogP contribution in [0.15, 0.2) is 0 Å². The van der Waals surface area contributed by atoms with Crippen LogP contribution in [0.5, 0.6) is 0 Å². The maximum atomic E-state index is 11.4. The average molecular weight is 919 g/mol. The maximum Gasteiger partial charge on any atom is 0.187 e. The Morgan fingerprint density at radius 1 is 0.254 bits per heavy atom. The van der Waals surface area contributed by atoms with Crippen molar-refractivity contribution >= 4 is 0 Å². The largest absolute Gasteiger partial charge is 0.394 e. The van der Waals surface area contributed by atoms with E-state index in [0.29, 0.717) is 0 Å². The maximum absolute atomic E-state index is 11.4. The Hall–Kier alpha value is -1.08. The van der Waals surface area contributed by atoms with Gasteiger partial charge in [-0.05, 0) is 0 Å². The van der Waals surface area contributed by atoms with Crippen LogP contribution >= 0.6 is 0 Å². The van der Waals surface area contributed by atoms with E-state index in [-0.39, 0.29) is 19.8 Å². The fourth-order valence-corrected chi connectivity index (χ4v) is 10.0. The molecule has 0 radical (unpaired) electrons. The zero-order chi connectivity index (χ0) is 44.2.